The third-order valence-electron chi connectivity index (χ3n) is 3.75. The first-order chi connectivity index (χ1) is 13.0. The van der Waals surface area contributed by atoms with Gasteiger partial charge in [-0.1, -0.05) is 23.4 Å². The van der Waals surface area contributed by atoms with Crippen molar-refractivity contribution >= 4 is 49.7 Å². The topological polar surface area (TPSA) is 117 Å². The number of aromatic nitrogens is 3. The number of hydrogen-bond donors (Lipinski definition) is 3. The van der Waals surface area contributed by atoms with Crippen LogP contribution in [-0.4, -0.2) is 29.7 Å². The lowest BCUT2D eigenvalue weighted by atomic mass is 10.2. The molecule has 0 aliphatic rings. The molecule has 0 spiro atoms. The Labute approximate surface area is 158 Å². The Morgan fingerprint density at radius 2 is 1.89 bits per heavy atom. The van der Waals surface area contributed by atoms with Gasteiger partial charge in [-0.2, -0.15) is 0 Å². The van der Waals surface area contributed by atoms with E-state index in [9.17, 15) is 13.2 Å². The van der Waals surface area contributed by atoms with Crippen molar-refractivity contribution in [2.45, 2.75) is 4.90 Å². The van der Waals surface area contributed by atoms with Gasteiger partial charge in [-0.25, -0.2) is 8.42 Å². The molecule has 1 amide bonds. The van der Waals surface area contributed by atoms with E-state index in [2.05, 4.69) is 25.4 Å². The smallest absolute Gasteiger partial charge is 0.267 e. The van der Waals surface area contributed by atoms with Crippen LogP contribution in [0.25, 0.3) is 11.0 Å². The summed E-state index contributed by atoms with van der Waals surface area (Å²) in [5.41, 5.74) is 2.12. The Balaban J connectivity index is 1.56. The summed E-state index contributed by atoms with van der Waals surface area (Å²) in [5.74, 6) is -0.418. The maximum atomic E-state index is 12.6. The minimum absolute atomic E-state index is 0.124. The lowest BCUT2D eigenvalue weighted by molar-refractivity contribution is 0.103. The zero-order valence-electron chi connectivity index (χ0n) is 13.7. The van der Waals surface area contributed by atoms with Crippen molar-refractivity contribution in [1.82, 2.24) is 15.4 Å². The van der Waals surface area contributed by atoms with Gasteiger partial charge in [-0.15, -0.1) is 16.4 Å². The highest BCUT2D eigenvalue weighted by atomic mass is 32.2. The predicted molar refractivity (Wildman–Crippen MR) is 103 cm³/mol. The Bertz CT molecular complexity index is 1220. The highest BCUT2D eigenvalue weighted by Gasteiger charge is 2.20. The number of nitrogens with one attached hydrogen (secondary N) is 3. The number of aromatic amines is 1. The van der Waals surface area contributed by atoms with Crippen LogP contribution in [0.5, 0.6) is 0 Å². The molecule has 4 aromatic rings. The van der Waals surface area contributed by atoms with Crippen LogP contribution in [0.15, 0.2) is 64.9 Å². The zero-order valence-corrected chi connectivity index (χ0v) is 15.3. The van der Waals surface area contributed by atoms with Crippen LogP contribution in [0.1, 0.15) is 9.67 Å². The molecule has 0 saturated heterocycles. The van der Waals surface area contributed by atoms with Gasteiger partial charge in [0.1, 0.15) is 10.4 Å². The number of carbonyl (C=O) groups excluding carboxylic acids is 1. The number of amides is 1. The average molecular weight is 399 g/mol. The van der Waals surface area contributed by atoms with E-state index >= 15 is 0 Å². The second-order valence-corrected chi connectivity index (χ2v) is 8.18. The number of anilines is 2. The van der Waals surface area contributed by atoms with Gasteiger partial charge in [0.15, 0.2) is 0 Å². The maximum Gasteiger partial charge on any atom is 0.267 e. The van der Waals surface area contributed by atoms with Gasteiger partial charge < -0.3 is 5.32 Å². The fourth-order valence-corrected chi connectivity index (χ4v) is 4.38. The molecular formula is C17H13N5O3S2. The zero-order chi connectivity index (χ0) is 18.9. The summed E-state index contributed by atoms with van der Waals surface area (Å²) in [5, 5.41) is 14.7. The lowest BCUT2D eigenvalue weighted by Gasteiger charge is -2.09. The number of thiophene rings is 1. The van der Waals surface area contributed by atoms with Gasteiger partial charge in [0, 0.05) is 5.69 Å². The molecule has 27 heavy (non-hydrogen) atoms. The number of fused-ring (bicyclic) bond motifs is 1. The van der Waals surface area contributed by atoms with E-state index in [0.717, 1.165) is 16.9 Å². The first-order valence-corrected chi connectivity index (χ1v) is 10.2. The number of nitrogens with zero attached hydrogens (tertiary/aromatic N) is 2. The third-order valence-corrected chi connectivity index (χ3v) is 6.05. The summed E-state index contributed by atoms with van der Waals surface area (Å²) in [6, 6.07) is 14.7. The number of H-pyrrole nitrogens is 1. The molecule has 0 radical (unpaired) electrons. The van der Waals surface area contributed by atoms with Crippen molar-refractivity contribution in [1.29, 1.82) is 0 Å². The van der Waals surface area contributed by atoms with E-state index in [1.807, 2.05) is 0 Å². The van der Waals surface area contributed by atoms with Crippen molar-refractivity contribution < 1.29 is 13.2 Å². The molecule has 0 bridgehead atoms. The summed E-state index contributed by atoms with van der Waals surface area (Å²) < 4.78 is 27.5. The molecule has 136 valence electrons. The van der Waals surface area contributed by atoms with Gasteiger partial charge in [0.05, 0.1) is 16.1 Å². The number of rotatable bonds is 5. The number of benzene rings is 2. The molecule has 8 nitrogen and oxygen atoms in total. The van der Waals surface area contributed by atoms with Crippen molar-refractivity contribution in [3.63, 3.8) is 0 Å². The highest BCUT2D eigenvalue weighted by molar-refractivity contribution is 7.92. The number of hydrogen-bond acceptors (Lipinski definition) is 6. The van der Waals surface area contributed by atoms with Crippen LogP contribution in [0, 0.1) is 0 Å². The number of carbonyl (C=O) groups is 1. The van der Waals surface area contributed by atoms with E-state index in [0.29, 0.717) is 11.2 Å². The molecule has 0 saturated carbocycles. The van der Waals surface area contributed by atoms with E-state index in [4.69, 9.17) is 0 Å². The molecule has 0 aliphatic carbocycles. The molecule has 0 unspecified atom stereocenters. The van der Waals surface area contributed by atoms with E-state index in [-0.39, 0.29) is 15.5 Å². The second kappa shape index (κ2) is 6.82. The second-order valence-electron chi connectivity index (χ2n) is 5.58. The molecule has 3 N–H and O–H groups in total. The van der Waals surface area contributed by atoms with Crippen molar-refractivity contribution in [3.05, 3.63) is 64.9 Å². The molecule has 0 aliphatic heterocycles. The largest absolute Gasteiger partial charge is 0.321 e. The molecule has 0 atom stereocenters. The summed E-state index contributed by atoms with van der Waals surface area (Å²) in [6.07, 6.45) is 0. The van der Waals surface area contributed by atoms with E-state index in [1.54, 1.807) is 47.8 Å². The third kappa shape index (κ3) is 3.52. The minimum Gasteiger partial charge on any atom is -0.321 e. The van der Waals surface area contributed by atoms with Gasteiger partial charge in [-0.05, 0) is 41.8 Å². The Kier molecular flexibility index (Phi) is 4.34. The predicted octanol–water partition coefficient (Wildman–Crippen LogP) is 3.07. The van der Waals surface area contributed by atoms with Gasteiger partial charge in [0.2, 0.25) is 0 Å². The Morgan fingerprint density at radius 1 is 1.07 bits per heavy atom. The van der Waals surface area contributed by atoms with Crippen molar-refractivity contribution in [2.75, 3.05) is 10.0 Å². The molecule has 0 fully saturated rings. The van der Waals surface area contributed by atoms with Crippen LogP contribution < -0.4 is 10.0 Å². The minimum atomic E-state index is -3.78. The maximum absolute atomic E-state index is 12.6. The standard InChI is InChI=1S/C17H13N5O3S2/c23-17(18-11-6-7-13-15(10-11)20-22-19-13)16-14(8-9-26-16)21-27(24,25)12-4-2-1-3-5-12/h1-10,21H,(H,18,23)(H,19,20,22). The molecular weight excluding hydrogens is 386 g/mol. The summed E-state index contributed by atoms with van der Waals surface area (Å²) in [4.78, 5) is 13.0. The Morgan fingerprint density at radius 3 is 2.70 bits per heavy atom. The Hall–Kier alpha value is -3.24. The molecule has 10 heteroatoms. The van der Waals surface area contributed by atoms with Crippen molar-refractivity contribution in [3.8, 4) is 0 Å². The molecule has 2 aromatic carbocycles. The average Bonchev–Trinajstić information content (AvgIpc) is 3.31. The van der Waals surface area contributed by atoms with Crippen LogP contribution in [-0.2, 0) is 10.0 Å². The first-order valence-electron chi connectivity index (χ1n) is 7.80. The quantitative estimate of drug-likeness (QED) is 0.477. The molecule has 2 aromatic heterocycles. The monoisotopic (exact) mass is 399 g/mol. The van der Waals surface area contributed by atoms with Gasteiger partial charge in [0.25, 0.3) is 15.9 Å². The summed E-state index contributed by atoms with van der Waals surface area (Å²) in [7, 11) is -3.78. The summed E-state index contributed by atoms with van der Waals surface area (Å²) >= 11 is 1.14. The van der Waals surface area contributed by atoms with Crippen molar-refractivity contribution in [2.24, 2.45) is 0 Å². The first kappa shape index (κ1) is 17.2. The van der Waals surface area contributed by atoms with Crippen LogP contribution in [0.4, 0.5) is 11.4 Å². The van der Waals surface area contributed by atoms with Gasteiger partial charge in [-0.3, -0.25) is 14.6 Å². The van der Waals surface area contributed by atoms with Crippen LogP contribution in [0.2, 0.25) is 0 Å². The number of sulfonamides is 1. The normalized spacial score (nSPS) is 11.4. The highest BCUT2D eigenvalue weighted by Crippen LogP contribution is 2.26. The summed E-state index contributed by atoms with van der Waals surface area (Å²) in [6.45, 7) is 0. The van der Waals surface area contributed by atoms with Gasteiger partial charge >= 0.3 is 0 Å². The van der Waals surface area contributed by atoms with E-state index in [1.165, 1.54) is 12.1 Å². The fourth-order valence-electron chi connectivity index (χ4n) is 2.48. The SMILES string of the molecule is O=C(Nc1ccc2[nH]nnc2c1)c1sccc1NS(=O)(=O)c1ccccc1. The molecule has 2 heterocycles. The van der Waals surface area contributed by atoms with E-state index < -0.39 is 15.9 Å². The molecule has 4 rings (SSSR count). The fraction of sp³-hybridized carbons (Fsp3) is 0. The van der Waals surface area contributed by atoms with Crippen LogP contribution in [0.3, 0.4) is 0 Å². The lowest BCUT2D eigenvalue weighted by Crippen LogP contribution is -2.17. The van der Waals surface area contributed by atoms with Crippen LogP contribution >= 0.6 is 11.3 Å².